The molecule has 2 aromatic rings. The van der Waals surface area contributed by atoms with Crippen molar-refractivity contribution in [3.8, 4) is 0 Å². The fourth-order valence-corrected chi connectivity index (χ4v) is 2.15. The molecule has 0 aliphatic carbocycles. The van der Waals surface area contributed by atoms with Crippen LogP contribution in [0, 0.1) is 6.92 Å². The summed E-state index contributed by atoms with van der Waals surface area (Å²) in [7, 11) is 2.14. The lowest BCUT2D eigenvalue weighted by Gasteiger charge is -2.17. The third-order valence-electron chi connectivity index (χ3n) is 3.13. The molecule has 2 heterocycles. The lowest BCUT2D eigenvalue weighted by Crippen LogP contribution is -2.29. The molecule has 0 spiro atoms. The summed E-state index contributed by atoms with van der Waals surface area (Å²) in [5.74, 6) is 0.919. The van der Waals surface area contributed by atoms with Gasteiger partial charge in [-0.05, 0) is 38.6 Å². The number of hydrogen-bond acceptors (Lipinski definition) is 4. The Kier molecular flexibility index (Phi) is 4.87. The average Bonchev–Trinajstić information content (AvgIpc) is 2.76. The number of aromatic nitrogens is 3. The number of rotatable bonds is 7. The van der Waals surface area contributed by atoms with E-state index in [9.17, 15) is 0 Å². The van der Waals surface area contributed by atoms with E-state index >= 15 is 0 Å². The summed E-state index contributed by atoms with van der Waals surface area (Å²) in [6, 6.07) is 2.07. The molecule has 2 rings (SSSR count). The van der Waals surface area contributed by atoms with Gasteiger partial charge in [-0.1, -0.05) is 6.92 Å². The molecule has 0 aliphatic heterocycles. The fraction of sp³-hybridized carbons (Fsp3) is 0.571. The van der Waals surface area contributed by atoms with Crippen molar-refractivity contribution >= 4 is 11.2 Å². The van der Waals surface area contributed by atoms with Crippen molar-refractivity contribution in [2.75, 3.05) is 26.7 Å². The number of imidazole rings is 1. The van der Waals surface area contributed by atoms with E-state index in [4.69, 9.17) is 0 Å². The van der Waals surface area contributed by atoms with Gasteiger partial charge in [-0.25, -0.2) is 9.97 Å². The Labute approximate surface area is 114 Å². The summed E-state index contributed by atoms with van der Waals surface area (Å²) >= 11 is 0. The Morgan fingerprint density at radius 2 is 2.21 bits per heavy atom. The van der Waals surface area contributed by atoms with Crippen molar-refractivity contribution < 1.29 is 0 Å². The smallest absolute Gasteiger partial charge is 0.177 e. The van der Waals surface area contributed by atoms with Gasteiger partial charge in [0.1, 0.15) is 5.82 Å². The minimum atomic E-state index is 0.813. The summed E-state index contributed by atoms with van der Waals surface area (Å²) in [5, 5.41) is 3.42. The van der Waals surface area contributed by atoms with Gasteiger partial charge < -0.3 is 15.2 Å². The van der Waals surface area contributed by atoms with Gasteiger partial charge in [-0.2, -0.15) is 0 Å². The van der Waals surface area contributed by atoms with Crippen molar-refractivity contribution in [1.82, 2.24) is 25.2 Å². The molecule has 0 aliphatic rings. The van der Waals surface area contributed by atoms with Crippen LogP contribution in [0.25, 0.3) is 11.2 Å². The zero-order valence-electron chi connectivity index (χ0n) is 12.0. The largest absolute Gasteiger partial charge is 0.341 e. The highest BCUT2D eigenvalue weighted by molar-refractivity contribution is 5.74. The Bertz CT molecular complexity index is 520. The van der Waals surface area contributed by atoms with Crippen LogP contribution in [0.4, 0.5) is 0 Å². The number of H-pyrrole nitrogens is 1. The van der Waals surface area contributed by atoms with Gasteiger partial charge in [0.2, 0.25) is 0 Å². The maximum Gasteiger partial charge on any atom is 0.177 e. The molecule has 5 heteroatoms. The van der Waals surface area contributed by atoms with Crippen LogP contribution in [0.3, 0.4) is 0 Å². The predicted octanol–water partition coefficient (Wildman–Crippen LogP) is 1.70. The van der Waals surface area contributed by atoms with E-state index in [1.165, 1.54) is 12.0 Å². The molecular formula is C14H23N5. The third-order valence-corrected chi connectivity index (χ3v) is 3.13. The topological polar surface area (TPSA) is 56.8 Å². The minimum Gasteiger partial charge on any atom is -0.341 e. The molecule has 0 saturated heterocycles. The van der Waals surface area contributed by atoms with Crippen molar-refractivity contribution in [3.05, 3.63) is 23.7 Å². The first-order valence-electron chi connectivity index (χ1n) is 6.90. The van der Waals surface area contributed by atoms with E-state index in [2.05, 4.69) is 45.2 Å². The number of pyridine rings is 1. The molecule has 19 heavy (non-hydrogen) atoms. The average molecular weight is 261 g/mol. The Hall–Kier alpha value is -1.46. The molecule has 0 bridgehead atoms. The van der Waals surface area contributed by atoms with Crippen LogP contribution in [-0.2, 0) is 6.54 Å². The molecule has 0 unspecified atom stereocenters. The molecule has 104 valence electrons. The highest BCUT2D eigenvalue weighted by Gasteiger charge is 2.08. The van der Waals surface area contributed by atoms with Crippen LogP contribution in [0.2, 0.25) is 0 Å². The number of nitrogens with zero attached hydrogens (tertiary/aromatic N) is 3. The lowest BCUT2D eigenvalue weighted by atomic mass is 10.2. The van der Waals surface area contributed by atoms with Gasteiger partial charge in [0, 0.05) is 25.8 Å². The van der Waals surface area contributed by atoms with Crippen molar-refractivity contribution in [2.24, 2.45) is 0 Å². The lowest BCUT2D eigenvalue weighted by molar-refractivity contribution is 0.325. The molecular weight excluding hydrogens is 238 g/mol. The SMILES string of the molecule is CCCNCCN(C)Cc1ccnc2nc(C)[nH]c12. The molecule has 0 radical (unpaired) electrons. The van der Waals surface area contributed by atoms with Gasteiger partial charge in [0.15, 0.2) is 5.65 Å². The summed E-state index contributed by atoms with van der Waals surface area (Å²) in [6.45, 7) is 8.22. The van der Waals surface area contributed by atoms with E-state index in [-0.39, 0.29) is 0 Å². The quantitative estimate of drug-likeness (QED) is 0.745. The highest BCUT2D eigenvalue weighted by atomic mass is 15.1. The van der Waals surface area contributed by atoms with Gasteiger partial charge in [-0.15, -0.1) is 0 Å². The highest BCUT2D eigenvalue weighted by Crippen LogP contribution is 2.15. The Morgan fingerprint density at radius 3 is 3.00 bits per heavy atom. The minimum absolute atomic E-state index is 0.813. The Balaban J connectivity index is 1.96. The Morgan fingerprint density at radius 1 is 1.37 bits per heavy atom. The monoisotopic (exact) mass is 261 g/mol. The third kappa shape index (κ3) is 3.75. The summed E-state index contributed by atoms with van der Waals surface area (Å²) in [4.78, 5) is 14.3. The van der Waals surface area contributed by atoms with Crippen LogP contribution < -0.4 is 5.32 Å². The van der Waals surface area contributed by atoms with Crippen molar-refractivity contribution in [1.29, 1.82) is 0 Å². The summed E-state index contributed by atoms with van der Waals surface area (Å²) < 4.78 is 0. The van der Waals surface area contributed by atoms with Crippen molar-refractivity contribution in [2.45, 2.75) is 26.8 Å². The number of aryl methyl sites for hydroxylation is 1. The van der Waals surface area contributed by atoms with Crippen LogP contribution in [0.15, 0.2) is 12.3 Å². The number of nitrogens with one attached hydrogen (secondary N) is 2. The van der Waals surface area contributed by atoms with Gasteiger partial charge in [0.25, 0.3) is 0 Å². The standard InChI is InChI=1S/C14H23N5/c1-4-6-15-8-9-19(3)10-12-5-7-16-14-13(12)17-11(2)18-14/h5,7,15H,4,6,8-10H2,1-3H3,(H,16,17,18). The second-order valence-corrected chi connectivity index (χ2v) is 4.98. The summed E-state index contributed by atoms with van der Waals surface area (Å²) in [6.07, 6.45) is 3.02. The predicted molar refractivity (Wildman–Crippen MR) is 78.1 cm³/mol. The van der Waals surface area contributed by atoms with Crippen LogP contribution in [-0.4, -0.2) is 46.5 Å². The van der Waals surface area contributed by atoms with Gasteiger partial charge in [-0.3, -0.25) is 0 Å². The second kappa shape index (κ2) is 6.63. The molecule has 0 atom stereocenters. The number of fused-ring (bicyclic) bond motifs is 1. The first-order valence-corrected chi connectivity index (χ1v) is 6.90. The number of aromatic amines is 1. The van der Waals surface area contributed by atoms with Crippen LogP contribution in [0.1, 0.15) is 24.7 Å². The normalized spacial score (nSPS) is 11.6. The first-order chi connectivity index (χ1) is 9.20. The maximum absolute atomic E-state index is 4.37. The second-order valence-electron chi connectivity index (χ2n) is 4.98. The number of hydrogen-bond donors (Lipinski definition) is 2. The van der Waals surface area contributed by atoms with Crippen LogP contribution >= 0.6 is 0 Å². The van der Waals surface area contributed by atoms with E-state index in [1.807, 2.05) is 13.1 Å². The molecule has 0 amide bonds. The van der Waals surface area contributed by atoms with Gasteiger partial charge in [0.05, 0.1) is 5.52 Å². The molecule has 0 aromatic carbocycles. The van der Waals surface area contributed by atoms with E-state index < -0.39 is 0 Å². The molecule has 2 aromatic heterocycles. The molecule has 5 nitrogen and oxygen atoms in total. The molecule has 2 N–H and O–H groups in total. The van der Waals surface area contributed by atoms with Crippen LogP contribution in [0.5, 0.6) is 0 Å². The zero-order valence-corrected chi connectivity index (χ0v) is 12.0. The zero-order chi connectivity index (χ0) is 13.7. The molecule has 0 fully saturated rings. The first kappa shape index (κ1) is 14.0. The number of likely N-dealkylation sites (N-methyl/N-ethyl adjacent to an activating group) is 1. The molecule has 0 saturated carbocycles. The van der Waals surface area contributed by atoms with E-state index in [0.29, 0.717) is 0 Å². The maximum atomic E-state index is 4.37. The summed E-state index contributed by atoms with van der Waals surface area (Å²) in [5.41, 5.74) is 3.13. The fourth-order valence-electron chi connectivity index (χ4n) is 2.15. The van der Waals surface area contributed by atoms with Crippen molar-refractivity contribution in [3.63, 3.8) is 0 Å². The van der Waals surface area contributed by atoms with E-state index in [1.54, 1.807) is 0 Å². The van der Waals surface area contributed by atoms with E-state index in [0.717, 1.165) is 43.2 Å². The van der Waals surface area contributed by atoms with Gasteiger partial charge >= 0.3 is 0 Å².